The fourth-order valence-electron chi connectivity index (χ4n) is 12.4. The number of hydrogen-bond donors (Lipinski definition) is 9. The van der Waals surface area contributed by atoms with Gasteiger partial charge in [0.2, 0.25) is 5.91 Å². The van der Waals surface area contributed by atoms with E-state index in [0.717, 1.165) is 128 Å². The van der Waals surface area contributed by atoms with E-state index in [4.69, 9.17) is 18.9 Å². The van der Waals surface area contributed by atoms with Crippen LogP contribution in [0.25, 0.3) is 0 Å². The molecule has 2 fully saturated rings. The average molecular weight is 1450 g/mol. The fourth-order valence-corrected chi connectivity index (χ4v) is 12.4. The van der Waals surface area contributed by atoms with Gasteiger partial charge in [0.1, 0.15) is 48.8 Å². The van der Waals surface area contributed by atoms with Crippen molar-refractivity contribution in [2.24, 2.45) is 0 Å². The summed E-state index contributed by atoms with van der Waals surface area (Å²) in [5, 5.41) is 87.7. The highest BCUT2D eigenvalue weighted by molar-refractivity contribution is 5.76. The molecule has 0 saturated carbocycles. The summed E-state index contributed by atoms with van der Waals surface area (Å²) in [6.07, 6.45) is 94.3. The largest absolute Gasteiger partial charge is 0.394 e. The van der Waals surface area contributed by atoms with Crippen LogP contribution in [0.4, 0.5) is 0 Å². The molecule has 0 aromatic heterocycles. The van der Waals surface area contributed by atoms with E-state index in [2.05, 4.69) is 177 Å². The van der Waals surface area contributed by atoms with E-state index in [-0.39, 0.29) is 18.9 Å². The Bertz CT molecular complexity index is 2410. The van der Waals surface area contributed by atoms with Crippen molar-refractivity contribution in [3.63, 3.8) is 0 Å². The van der Waals surface area contributed by atoms with E-state index in [1.807, 2.05) is 6.08 Å². The van der Waals surface area contributed by atoms with Crippen molar-refractivity contribution in [3.8, 4) is 0 Å². The number of nitrogens with one attached hydrogen (secondary N) is 1. The Balaban J connectivity index is 1.66. The van der Waals surface area contributed by atoms with Gasteiger partial charge in [-0.2, -0.15) is 0 Å². The number of aliphatic hydroxyl groups excluding tert-OH is 8. The third-order valence-electron chi connectivity index (χ3n) is 18.9. The number of allylic oxidation sites excluding steroid dienone is 27. The van der Waals surface area contributed by atoms with Crippen LogP contribution in [0.5, 0.6) is 0 Å². The van der Waals surface area contributed by atoms with Crippen LogP contribution in [-0.2, 0) is 23.7 Å². The molecule has 592 valence electrons. The van der Waals surface area contributed by atoms with Gasteiger partial charge in [-0.1, -0.05) is 332 Å². The minimum Gasteiger partial charge on any atom is -0.394 e. The number of amides is 1. The van der Waals surface area contributed by atoms with Crippen molar-refractivity contribution in [1.82, 2.24) is 5.32 Å². The van der Waals surface area contributed by atoms with Crippen molar-refractivity contribution in [3.05, 3.63) is 170 Å². The number of carbonyl (C=O) groups is 1. The van der Waals surface area contributed by atoms with E-state index in [1.165, 1.54) is 135 Å². The summed E-state index contributed by atoms with van der Waals surface area (Å²) in [4.78, 5) is 13.4. The lowest BCUT2D eigenvalue weighted by molar-refractivity contribution is -0.359. The predicted octanol–water partition coefficient (Wildman–Crippen LogP) is 19.5. The molecule has 12 atom stereocenters. The summed E-state index contributed by atoms with van der Waals surface area (Å²) in [6, 6.07) is -0.964. The molecule has 2 aliphatic heterocycles. The monoisotopic (exact) mass is 1450 g/mol. The fraction of sp³-hybridized carbons (Fsp3) is 0.678. The van der Waals surface area contributed by atoms with Gasteiger partial charge in [-0.25, -0.2) is 0 Å². The van der Waals surface area contributed by atoms with Crippen molar-refractivity contribution in [1.29, 1.82) is 0 Å². The lowest BCUT2D eigenvalue weighted by atomic mass is 9.97. The van der Waals surface area contributed by atoms with Crippen LogP contribution >= 0.6 is 0 Å². The Hall–Kier alpha value is -4.65. The summed E-state index contributed by atoms with van der Waals surface area (Å²) in [5.74, 6) is -0.277. The van der Waals surface area contributed by atoms with Gasteiger partial charge >= 0.3 is 0 Å². The average Bonchev–Trinajstić information content (AvgIpc) is 0.791. The first-order chi connectivity index (χ1) is 51.1. The van der Waals surface area contributed by atoms with Crippen molar-refractivity contribution < 1.29 is 64.6 Å². The minimum atomic E-state index is -1.81. The Morgan fingerprint density at radius 3 is 1.06 bits per heavy atom. The molecule has 2 heterocycles. The quantitative estimate of drug-likeness (QED) is 0.0204. The summed E-state index contributed by atoms with van der Waals surface area (Å²) >= 11 is 0. The summed E-state index contributed by atoms with van der Waals surface area (Å²) in [6.45, 7) is 2.66. The molecule has 104 heavy (non-hydrogen) atoms. The van der Waals surface area contributed by atoms with Gasteiger partial charge in [-0.15, -0.1) is 0 Å². The third kappa shape index (κ3) is 53.2. The zero-order chi connectivity index (χ0) is 75.1. The number of unbranched alkanes of at least 4 members (excludes halogenated alkanes) is 28. The molecular weight excluding hydrogens is 1300 g/mol. The lowest BCUT2D eigenvalue weighted by Crippen LogP contribution is -2.65. The molecule has 0 aromatic carbocycles. The zero-order valence-electron chi connectivity index (χ0n) is 64.9. The highest BCUT2D eigenvalue weighted by Gasteiger charge is 2.51. The van der Waals surface area contributed by atoms with E-state index < -0.39 is 86.8 Å². The second kappa shape index (κ2) is 71.3. The molecule has 2 aliphatic rings. The van der Waals surface area contributed by atoms with Crippen molar-refractivity contribution in [2.45, 2.75) is 370 Å². The van der Waals surface area contributed by atoms with Gasteiger partial charge < -0.3 is 65.1 Å². The van der Waals surface area contributed by atoms with E-state index in [0.29, 0.717) is 12.8 Å². The number of hydrogen-bond acceptors (Lipinski definition) is 13. The summed E-state index contributed by atoms with van der Waals surface area (Å²) < 4.78 is 22.9. The molecular formula is C90H149NO13. The Morgan fingerprint density at radius 2 is 0.673 bits per heavy atom. The molecule has 1 amide bonds. The van der Waals surface area contributed by atoms with Crippen LogP contribution in [0, 0.1) is 0 Å². The maximum atomic E-state index is 13.4. The van der Waals surface area contributed by atoms with Crippen LogP contribution < -0.4 is 5.32 Å². The molecule has 0 bridgehead atoms. The van der Waals surface area contributed by atoms with Crippen LogP contribution in [0.3, 0.4) is 0 Å². The molecule has 12 unspecified atom stereocenters. The highest BCUT2D eigenvalue weighted by Crippen LogP contribution is 2.30. The van der Waals surface area contributed by atoms with E-state index >= 15 is 0 Å². The third-order valence-corrected chi connectivity index (χ3v) is 18.9. The van der Waals surface area contributed by atoms with Crippen LogP contribution in [0.2, 0.25) is 0 Å². The number of carbonyl (C=O) groups excluding carboxylic acids is 1. The van der Waals surface area contributed by atoms with E-state index in [1.54, 1.807) is 6.08 Å². The van der Waals surface area contributed by atoms with Crippen LogP contribution in [-0.4, -0.2) is 140 Å². The molecule has 9 N–H and O–H groups in total. The molecule has 2 rings (SSSR count). The number of aliphatic hydroxyl groups is 8. The zero-order valence-corrected chi connectivity index (χ0v) is 64.9. The molecule has 0 aromatic rings. The second-order valence-electron chi connectivity index (χ2n) is 28.1. The maximum absolute atomic E-state index is 13.4. The van der Waals surface area contributed by atoms with Gasteiger partial charge in [0.25, 0.3) is 0 Å². The first kappa shape index (κ1) is 95.4. The van der Waals surface area contributed by atoms with Crippen molar-refractivity contribution >= 4 is 5.91 Å². The predicted molar refractivity (Wildman–Crippen MR) is 433 cm³/mol. The van der Waals surface area contributed by atoms with Gasteiger partial charge in [0.05, 0.1) is 32.0 Å². The van der Waals surface area contributed by atoms with E-state index in [9.17, 15) is 45.6 Å². The Labute approximate surface area is 632 Å². The van der Waals surface area contributed by atoms with Gasteiger partial charge in [-0.05, 0) is 128 Å². The molecule has 0 radical (unpaired) electrons. The SMILES string of the molecule is CC/C=C\C/C=C\C/C=C\C/C=C\C/C=C\C/C=C\C/C=C\C/C=C\C/C=C\C/C=C\C/C=C\CCCCCCCC(=O)NC(COC1OC(CO)C(OC2OC(CO)C(O)C(O)C2O)C(O)C1O)C(O)/C=C/CC/C=C/CC/C=C/CCCCCCCCCCCCCCCCCCCCCCC. The second-order valence-corrected chi connectivity index (χ2v) is 28.1. The van der Waals surface area contributed by atoms with Gasteiger partial charge in [0, 0.05) is 6.42 Å². The first-order valence-electron chi connectivity index (χ1n) is 41.4. The van der Waals surface area contributed by atoms with Gasteiger partial charge in [-0.3, -0.25) is 4.79 Å². The van der Waals surface area contributed by atoms with Crippen LogP contribution in [0.1, 0.15) is 296 Å². The molecule has 2 saturated heterocycles. The maximum Gasteiger partial charge on any atom is 0.220 e. The smallest absolute Gasteiger partial charge is 0.220 e. The standard InChI is InChI=1S/C90H149NO13/c1-3-5-7-9-11-13-15-17-19-21-23-25-27-29-31-33-35-36-37-38-39-40-41-42-44-46-48-50-52-54-56-58-60-62-64-66-68-70-72-74-82(95)91-78(77-101-89-87(100)85(98)88(81(76-93)103-89)104-90-86(99)84(97)83(96)80(75-92)102-90)79(94)73-71-69-67-65-63-61-59-57-55-53-51-49-47-45-43-34-32-30-28-26-24-22-20-18-16-14-12-10-8-6-4-2/h5,7,11,13,17,19,23,25,29,31,35-36,38-39,41-42,46,48,52,54-55,57-58,60,63,65,71,73,78-81,83-90,92-94,96-100H,3-4,6,8-10,12,14-16,18,20-22,24,26-28,30,32-34,37,40,43-45,47,49-51,53,56,59,61-62,64,66-70,72,74-77H2,1-2H3,(H,91,95)/b7-5-,13-11-,19-17-,25-23-,31-29-,36-35-,39-38-,42-41-,48-46-,54-52-,57-55+,60-58-,65-63+,73-71+. The lowest BCUT2D eigenvalue weighted by Gasteiger charge is -2.46. The molecule has 0 aliphatic carbocycles. The van der Waals surface area contributed by atoms with Crippen molar-refractivity contribution in [2.75, 3.05) is 19.8 Å². The topological polar surface area (TPSA) is 228 Å². The van der Waals surface area contributed by atoms with Gasteiger partial charge in [0.15, 0.2) is 12.6 Å². The number of ether oxygens (including phenoxy) is 4. The summed E-state index contributed by atoms with van der Waals surface area (Å²) in [7, 11) is 0. The minimum absolute atomic E-state index is 0.236. The highest BCUT2D eigenvalue weighted by atomic mass is 16.7. The normalized spacial score (nSPS) is 22.4. The first-order valence-corrected chi connectivity index (χ1v) is 41.4. The van der Waals surface area contributed by atoms with Crippen LogP contribution in [0.15, 0.2) is 170 Å². The molecule has 14 nitrogen and oxygen atoms in total. The Morgan fingerprint density at radius 1 is 0.356 bits per heavy atom. The molecule has 14 heteroatoms. The summed E-state index contributed by atoms with van der Waals surface area (Å²) in [5.41, 5.74) is 0. The molecule has 0 spiro atoms. The Kier molecular flexibility index (Phi) is 65.4. The number of rotatable bonds is 67.